The first kappa shape index (κ1) is 18.8. The van der Waals surface area contributed by atoms with Gasteiger partial charge in [-0.15, -0.1) is 0 Å². The smallest absolute Gasteiger partial charge is 0.245 e. The van der Waals surface area contributed by atoms with Crippen molar-refractivity contribution in [3.05, 3.63) is 46.7 Å². The number of hydrogen-bond donors (Lipinski definition) is 1. The monoisotopic (exact) mass is 393 g/mol. The second kappa shape index (κ2) is 7.34. The van der Waals surface area contributed by atoms with Crippen molar-refractivity contribution in [2.75, 3.05) is 18.6 Å². The maximum atomic E-state index is 13.8. The molecule has 0 spiro atoms. The Balaban J connectivity index is 3.55. The highest BCUT2D eigenvalue weighted by atomic mass is 79.9. The van der Waals surface area contributed by atoms with Crippen molar-refractivity contribution in [3.63, 3.8) is 0 Å². The van der Waals surface area contributed by atoms with Crippen LogP contribution >= 0.6 is 15.9 Å². The third kappa shape index (κ3) is 4.62. The van der Waals surface area contributed by atoms with Gasteiger partial charge in [0.2, 0.25) is 5.91 Å². The van der Waals surface area contributed by atoms with Gasteiger partial charge in [0.15, 0.2) is 15.6 Å². The van der Waals surface area contributed by atoms with E-state index in [0.29, 0.717) is 0 Å². The van der Waals surface area contributed by atoms with Crippen molar-refractivity contribution in [2.24, 2.45) is 0 Å². The van der Waals surface area contributed by atoms with Gasteiger partial charge in [-0.25, -0.2) is 12.8 Å². The molecule has 22 heavy (non-hydrogen) atoms. The topological polar surface area (TPSA) is 72.5 Å². The van der Waals surface area contributed by atoms with E-state index < -0.39 is 33.0 Å². The SMILES string of the molecule is C=CC(=O)NC(CS(C)(=O)=O)(OCC)c1cccc(F)c1Br. The Morgan fingerprint density at radius 2 is 2.18 bits per heavy atom. The lowest BCUT2D eigenvalue weighted by Gasteiger charge is -2.34. The number of ether oxygens (including phenoxy) is 1. The minimum atomic E-state index is -3.55. The molecule has 0 aliphatic carbocycles. The van der Waals surface area contributed by atoms with Gasteiger partial charge < -0.3 is 10.1 Å². The van der Waals surface area contributed by atoms with Crippen molar-refractivity contribution in [1.29, 1.82) is 0 Å². The molecule has 122 valence electrons. The molecule has 1 aromatic rings. The largest absolute Gasteiger partial charge is 0.351 e. The van der Waals surface area contributed by atoms with Crippen LogP contribution in [0.4, 0.5) is 4.39 Å². The van der Waals surface area contributed by atoms with Gasteiger partial charge in [0, 0.05) is 18.4 Å². The van der Waals surface area contributed by atoms with Crippen molar-refractivity contribution in [2.45, 2.75) is 12.6 Å². The summed E-state index contributed by atoms with van der Waals surface area (Å²) in [5.74, 6) is -1.77. The van der Waals surface area contributed by atoms with Crippen LogP contribution in [0.1, 0.15) is 12.5 Å². The van der Waals surface area contributed by atoms with E-state index in [4.69, 9.17) is 4.74 Å². The van der Waals surface area contributed by atoms with Gasteiger partial charge in [0.25, 0.3) is 0 Å². The Bertz CT molecular complexity index is 677. The molecule has 0 saturated carbocycles. The number of amides is 1. The minimum Gasteiger partial charge on any atom is -0.351 e. The number of sulfone groups is 1. The van der Waals surface area contributed by atoms with Gasteiger partial charge in [-0.1, -0.05) is 18.7 Å². The zero-order valence-corrected chi connectivity index (χ0v) is 14.6. The fraction of sp³-hybridized carbons (Fsp3) is 0.357. The number of carbonyl (C=O) groups is 1. The first-order valence-electron chi connectivity index (χ1n) is 6.36. The first-order chi connectivity index (χ1) is 10.1. The maximum Gasteiger partial charge on any atom is 0.245 e. The van der Waals surface area contributed by atoms with Crippen LogP contribution in [0.15, 0.2) is 35.3 Å². The Morgan fingerprint density at radius 1 is 1.55 bits per heavy atom. The number of rotatable bonds is 7. The molecule has 8 heteroatoms. The molecule has 1 amide bonds. The lowest BCUT2D eigenvalue weighted by Crippen LogP contribution is -2.52. The molecule has 1 unspecified atom stereocenters. The summed E-state index contributed by atoms with van der Waals surface area (Å²) in [6, 6.07) is 4.10. The highest BCUT2D eigenvalue weighted by molar-refractivity contribution is 9.10. The van der Waals surface area contributed by atoms with E-state index in [1.807, 2.05) is 0 Å². The Morgan fingerprint density at radius 3 is 2.68 bits per heavy atom. The van der Waals surface area contributed by atoms with Crippen LogP contribution in [-0.2, 0) is 25.1 Å². The number of halogens is 2. The number of benzene rings is 1. The molecule has 0 radical (unpaired) electrons. The molecule has 0 aliphatic rings. The van der Waals surface area contributed by atoms with Crippen LogP contribution in [0.5, 0.6) is 0 Å². The van der Waals surface area contributed by atoms with E-state index in [9.17, 15) is 17.6 Å². The van der Waals surface area contributed by atoms with E-state index in [2.05, 4.69) is 27.8 Å². The average molecular weight is 394 g/mol. The van der Waals surface area contributed by atoms with E-state index in [-0.39, 0.29) is 16.6 Å². The summed E-state index contributed by atoms with van der Waals surface area (Å²) in [4.78, 5) is 11.7. The Hall–Kier alpha value is -1.25. The van der Waals surface area contributed by atoms with E-state index in [1.54, 1.807) is 6.92 Å². The van der Waals surface area contributed by atoms with Crippen LogP contribution < -0.4 is 5.32 Å². The molecule has 1 aromatic carbocycles. The van der Waals surface area contributed by atoms with E-state index in [0.717, 1.165) is 12.3 Å². The zero-order chi connectivity index (χ0) is 17.0. The Kier molecular flexibility index (Phi) is 6.27. The normalized spacial score (nSPS) is 14.2. The highest BCUT2D eigenvalue weighted by Crippen LogP contribution is 2.33. The lowest BCUT2D eigenvalue weighted by atomic mass is 10.0. The van der Waals surface area contributed by atoms with Gasteiger partial charge in [-0.3, -0.25) is 4.79 Å². The molecule has 0 bridgehead atoms. The van der Waals surface area contributed by atoms with Crippen molar-refractivity contribution in [1.82, 2.24) is 5.32 Å². The predicted molar refractivity (Wildman–Crippen MR) is 85.5 cm³/mol. The minimum absolute atomic E-state index is 0.0245. The molecular formula is C14H17BrFNO4S. The lowest BCUT2D eigenvalue weighted by molar-refractivity contribution is -0.128. The third-order valence-corrected chi connectivity index (χ3v) is 4.49. The summed E-state index contributed by atoms with van der Waals surface area (Å²) in [6.45, 7) is 5.08. The molecule has 5 nitrogen and oxygen atoms in total. The summed E-state index contributed by atoms with van der Waals surface area (Å²) in [6.07, 6.45) is 2.00. The molecule has 1 atom stereocenters. The molecule has 1 N–H and O–H groups in total. The molecule has 0 fully saturated rings. The fourth-order valence-electron chi connectivity index (χ4n) is 2.02. The summed E-state index contributed by atoms with van der Waals surface area (Å²) in [5, 5.41) is 2.47. The van der Waals surface area contributed by atoms with Gasteiger partial charge in [-0.05, 0) is 35.0 Å². The van der Waals surface area contributed by atoms with Gasteiger partial charge >= 0.3 is 0 Å². The summed E-state index contributed by atoms with van der Waals surface area (Å²) >= 11 is 3.08. The predicted octanol–water partition coefficient (Wildman–Crippen LogP) is 2.12. The van der Waals surface area contributed by atoms with Crippen LogP contribution in [0.2, 0.25) is 0 Å². The van der Waals surface area contributed by atoms with Crippen LogP contribution in [-0.4, -0.2) is 32.9 Å². The number of carbonyl (C=O) groups excluding carboxylic acids is 1. The van der Waals surface area contributed by atoms with Crippen molar-refractivity contribution in [3.8, 4) is 0 Å². The van der Waals surface area contributed by atoms with Crippen molar-refractivity contribution < 1.29 is 22.3 Å². The van der Waals surface area contributed by atoms with Crippen LogP contribution in [0.25, 0.3) is 0 Å². The first-order valence-corrected chi connectivity index (χ1v) is 9.21. The van der Waals surface area contributed by atoms with Crippen LogP contribution in [0.3, 0.4) is 0 Å². The highest BCUT2D eigenvalue weighted by Gasteiger charge is 2.40. The quantitative estimate of drug-likeness (QED) is 0.568. The molecule has 0 aliphatic heterocycles. The number of hydrogen-bond acceptors (Lipinski definition) is 4. The fourth-order valence-corrected chi connectivity index (χ4v) is 3.65. The molecule has 1 rings (SSSR count). The van der Waals surface area contributed by atoms with E-state index in [1.165, 1.54) is 18.2 Å². The standard InChI is InChI=1S/C14H17BrFNO4S/c1-4-12(18)17-14(21-5-2,9-22(3,19)20)10-7-6-8-11(16)13(10)15/h4,6-8H,1,5,9H2,2-3H3,(H,17,18). The molecular weight excluding hydrogens is 377 g/mol. The van der Waals surface area contributed by atoms with Crippen LogP contribution in [0, 0.1) is 5.82 Å². The summed E-state index contributed by atoms with van der Waals surface area (Å²) < 4.78 is 43.0. The third-order valence-electron chi connectivity index (χ3n) is 2.75. The molecule has 0 aromatic heterocycles. The second-order valence-corrected chi connectivity index (χ2v) is 7.56. The van der Waals surface area contributed by atoms with Gasteiger partial charge in [-0.2, -0.15) is 0 Å². The zero-order valence-electron chi connectivity index (χ0n) is 12.2. The molecule has 0 saturated heterocycles. The average Bonchev–Trinajstić information content (AvgIpc) is 2.40. The van der Waals surface area contributed by atoms with Crippen molar-refractivity contribution >= 4 is 31.7 Å². The summed E-state index contributed by atoms with van der Waals surface area (Å²) in [7, 11) is -3.55. The van der Waals surface area contributed by atoms with Gasteiger partial charge in [0.05, 0.1) is 4.47 Å². The number of nitrogens with one attached hydrogen (secondary N) is 1. The summed E-state index contributed by atoms with van der Waals surface area (Å²) in [5.41, 5.74) is -1.54. The van der Waals surface area contributed by atoms with Gasteiger partial charge in [0.1, 0.15) is 11.6 Å². The second-order valence-electron chi connectivity index (χ2n) is 4.62. The maximum absolute atomic E-state index is 13.8. The van der Waals surface area contributed by atoms with E-state index >= 15 is 0 Å². The molecule has 0 heterocycles. The Labute approximate surface area is 137 Å².